The zero-order valence-corrected chi connectivity index (χ0v) is 12.7. The van der Waals surface area contributed by atoms with Crippen molar-refractivity contribution in [3.05, 3.63) is 51.2 Å². The third-order valence-corrected chi connectivity index (χ3v) is 4.27. The molecule has 0 aliphatic rings. The second-order valence-corrected chi connectivity index (χ2v) is 5.92. The Morgan fingerprint density at radius 2 is 2.16 bits per heavy atom. The number of thiophene rings is 1. The standard InChI is InChI=1S/C15H18ClNOS/c1-3-17(10-13-5-4-8-19-13)15-7-6-12(11(2)18)9-14(15)16/h4-9,11,18H,3,10H2,1-2H3. The molecule has 0 saturated carbocycles. The van der Waals surface area contributed by atoms with Crippen LogP contribution in [-0.4, -0.2) is 11.7 Å². The van der Waals surface area contributed by atoms with Crippen molar-refractivity contribution in [1.29, 1.82) is 0 Å². The molecule has 1 atom stereocenters. The lowest BCUT2D eigenvalue weighted by Crippen LogP contribution is -2.21. The van der Waals surface area contributed by atoms with Crippen LogP contribution in [0.3, 0.4) is 0 Å². The third-order valence-electron chi connectivity index (χ3n) is 3.10. The van der Waals surface area contributed by atoms with Gasteiger partial charge in [-0.05, 0) is 43.0 Å². The Bertz CT molecular complexity index is 525. The summed E-state index contributed by atoms with van der Waals surface area (Å²) in [5, 5.41) is 12.3. The van der Waals surface area contributed by atoms with Crippen LogP contribution >= 0.6 is 22.9 Å². The molecule has 2 rings (SSSR count). The number of anilines is 1. The molecule has 0 spiro atoms. The molecule has 0 amide bonds. The molecule has 1 aromatic heterocycles. The van der Waals surface area contributed by atoms with E-state index in [0.717, 1.165) is 24.3 Å². The molecule has 1 heterocycles. The maximum atomic E-state index is 9.57. The molecule has 0 bridgehead atoms. The van der Waals surface area contributed by atoms with Crippen LogP contribution in [0.25, 0.3) is 0 Å². The van der Waals surface area contributed by atoms with E-state index < -0.39 is 6.10 Å². The van der Waals surface area contributed by atoms with E-state index in [-0.39, 0.29) is 0 Å². The zero-order valence-electron chi connectivity index (χ0n) is 11.1. The zero-order chi connectivity index (χ0) is 13.8. The number of benzene rings is 1. The van der Waals surface area contributed by atoms with Gasteiger partial charge in [0.05, 0.1) is 23.4 Å². The molecule has 0 fully saturated rings. The van der Waals surface area contributed by atoms with Crippen LogP contribution in [-0.2, 0) is 6.54 Å². The van der Waals surface area contributed by atoms with Crippen LogP contribution in [0.1, 0.15) is 30.4 Å². The van der Waals surface area contributed by atoms with Crippen molar-refractivity contribution in [3.8, 4) is 0 Å². The van der Waals surface area contributed by atoms with E-state index in [0.29, 0.717) is 5.02 Å². The molecular weight excluding hydrogens is 278 g/mol. The van der Waals surface area contributed by atoms with Gasteiger partial charge in [0.2, 0.25) is 0 Å². The van der Waals surface area contributed by atoms with Crippen molar-refractivity contribution < 1.29 is 5.11 Å². The van der Waals surface area contributed by atoms with Crippen LogP contribution in [0.4, 0.5) is 5.69 Å². The van der Waals surface area contributed by atoms with Crippen molar-refractivity contribution in [2.45, 2.75) is 26.5 Å². The van der Waals surface area contributed by atoms with Crippen LogP contribution in [0.2, 0.25) is 5.02 Å². The molecule has 0 aliphatic heterocycles. The van der Waals surface area contributed by atoms with Gasteiger partial charge in [-0.3, -0.25) is 0 Å². The third kappa shape index (κ3) is 3.50. The number of halogens is 1. The Morgan fingerprint density at radius 3 is 2.68 bits per heavy atom. The lowest BCUT2D eigenvalue weighted by molar-refractivity contribution is 0.199. The molecule has 4 heteroatoms. The molecule has 19 heavy (non-hydrogen) atoms. The van der Waals surface area contributed by atoms with Gasteiger partial charge in [0.15, 0.2) is 0 Å². The topological polar surface area (TPSA) is 23.5 Å². The van der Waals surface area contributed by atoms with Crippen LogP contribution in [0.15, 0.2) is 35.7 Å². The van der Waals surface area contributed by atoms with Gasteiger partial charge in [0, 0.05) is 11.4 Å². The number of nitrogens with zero attached hydrogens (tertiary/aromatic N) is 1. The summed E-state index contributed by atoms with van der Waals surface area (Å²) in [7, 11) is 0. The summed E-state index contributed by atoms with van der Waals surface area (Å²) in [6.07, 6.45) is -0.487. The first kappa shape index (κ1) is 14.4. The fraction of sp³-hybridized carbons (Fsp3) is 0.333. The van der Waals surface area contributed by atoms with Gasteiger partial charge in [0.1, 0.15) is 0 Å². The number of aliphatic hydroxyl groups excluding tert-OH is 1. The van der Waals surface area contributed by atoms with E-state index in [2.05, 4.69) is 29.3 Å². The van der Waals surface area contributed by atoms with Gasteiger partial charge < -0.3 is 10.0 Å². The van der Waals surface area contributed by atoms with E-state index in [1.165, 1.54) is 4.88 Å². The molecular formula is C15H18ClNOS. The molecule has 102 valence electrons. The van der Waals surface area contributed by atoms with E-state index in [1.807, 2.05) is 18.2 Å². The Kier molecular flexibility index (Phi) is 4.86. The molecule has 1 N–H and O–H groups in total. The fourth-order valence-electron chi connectivity index (χ4n) is 2.00. The van der Waals surface area contributed by atoms with Crippen LogP contribution in [0, 0.1) is 0 Å². The first-order chi connectivity index (χ1) is 9.11. The summed E-state index contributed by atoms with van der Waals surface area (Å²) in [4.78, 5) is 3.55. The van der Waals surface area contributed by atoms with Crippen LogP contribution < -0.4 is 4.90 Å². The highest BCUT2D eigenvalue weighted by molar-refractivity contribution is 7.09. The normalized spacial score (nSPS) is 12.4. The van der Waals surface area contributed by atoms with Gasteiger partial charge in [0.25, 0.3) is 0 Å². The minimum atomic E-state index is -0.487. The Morgan fingerprint density at radius 1 is 1.37 bits per heavy atom. The monoisotopic (exact) mass is 295 g/mol. The van der Waals surface area contributed by atoms with E-state index >= 15 is 0 Å². The smallest absolute Gasteiger partial charge is 0.0762 e. The summed E-state index contributed by atoms with van der Waals surface area (Å²) < 4.78 is 0. The highest BCUT2D eigenvalue weighted by Crippen LogP contribution is 2.30. The first-order valence-corrected chi connectivity index (χ1v) is 7.62. The van der Waals surface area contributed by atoms with Crippen molar-refractivity contribution in [2.75, 3.05) is 11.4 Å². The maximum Gasteiger partial charge on any atom is 0.0762 e. The number of aliphatic hydroxyl groups is 1. The van der Waals surface area contributed by atoms with Crippen LogP contribution in [0.5, 0.6) is 0 Å². The molecule has 2 aromatic rings. The predicted molar refractivity (Wildman–Crippen MR) is 83.1 cm³/mol. The van der Waals surface area contributed by atoms with E-state index in [9.17, 15) is 5.11 Å². The largest absolute Gasteiger partial charge is 0.389 e. The quantitative estimate of drug-likeness (QED) is 0.879. The predicted octanol–water partition coefficient (Wildman–Crippen LogP) is 4.48. The lowest BCUT2D eigenvalue weighted by atomic mass is 10.1. The average Bonchev–Trinajstić information content (AvgIpc) is 2.89. The number of rotatable bonds is 5. The van der Waals surface area contributed by atoms with Crippen molar-refractivity contribution in [3.63, 3.8) is 0 Å². The van der Waals surface area contributed by atoms with Gasteiger partial charge in [-0.2, -0.15) is 0 Å². The summed E-state index contributed by atoms with van der Waals surface area (Å²) >= 11 is 8.09. The summed E-state index contributed by atoms with van der Waals surface area (Å²) in [6, 6.07) is 9.96. The number of hydrogen-bond acceptors (Lipinski definition) is 3. The highest BCUT2D eigenvalue weighted by atomic mass is 35.5. The van der Waals surface area contributed by atoms with Gasteiger partial charge in [-0.1, -0.05) is 23.7 Å². The average molecular weight is 296 g/mol. The van der Waals surface area contributed by atoms with Gasteiger partial charge in [-0.15, -0.1) is 11.3 Å². The van der Waals surface area contributed by atoms with Crippen molar-refractivity contribution in [2.24, 2.45) is 0 Å². The summed E-state index contributed by atoms with van der Waals surface area (Å²) in [5.41, 5.74) is 1.86. The highest BCUT2D eigenvalue weighted by Gasteiger charge is 2.12. The Balaban J connectivity index is 2.23. The second kappa shape index (κ2) is 6.42. The molecule has 0 radical (unpaired) electrons. The summed E-state index contributed by atoms with van der Waals surface area (Å²) in [6.45, 7) is 5.62. The Hall–Kier alpha value is -1.03. The molecule has 0 saturated heterocycles. The van der Waals surface area contributed by atoms with E-state index in [4.69, 9.17) is 11.6 Å². The van der Waals surface area contributed by atoms with Gasteiger partial charge >= 0.3 is 0 Å². The summed E-state index contributed by atoms with van der Waals surface area (Å²) in [5.74, 6) is 0. The first-order valence-electron chi connectivity index (χ1n) is 6.36. The fourth-order valence-corrected chi connectivity index (χ4v) is 3.03. The van der Waals surface area contributed by atoms with E-state index in [1.54, 1.807) is 18.3 Å². The molecule has 2 nitrogen and oxygen atoms in total. The van der Waals surface area contributed by atoms with Crippen molar-refractivity contribution in [1.82, 2.24) is 0 Å². The number of hydrogen-bond donors (Lipinski definition) is 1. The lowest BCUT2D eigenvalue weighted by Gasteiger charge is -2.24. The minimum absolute atomic E-state index is 0.487. The Labute approximate surface area is 123 Å². The van der Waals surface area contributed by atoms with Crippen molar-refractivity contribution >= 4 is 28.6 Å². The SMILES string of the molecule is CCN(Cc1cccs1)c1ccc(C(C)O)cc1Cl. The molecule has 1 unspecified atom stereocenters. The minimum Gasteiger partial charge on any atom is -0.389 e. The molecule has 1 aromatic carbocycles. The second-order valence-electron chi connectivity index (χ2n) is 4.48. The van der Waals surface area contributed by atoms with Gasteiger partial charge in [-0.25, -0.2) is 0 Å². The maximum absolute atomic E-state index is 9.57. The molecule has 0 aliphatic carbocycles.